The lowest BCUT2D eigenvalue weighted by atomic mass is 9.99. The Bertz CT molecular complexity index is 672. The maximum absolute atomic E-state index is 12.4. The maximum atomic E-state index is 12.4. The first-order valence-corrected chi connectivity index (χ1v) is 9.60. The van der Waals surface area contributed by atoms with Crippen LogP contribution in [-0.2, 0) is 17.6 Å². The Morgan fingerprint density at radius 1 is 1.29 bits per heavy atom. The van der Waals surface area contributed by atoms with E-state index in [2.05, 4.69) is 48.4 Å². The van der Waals surface area contributed by atoms with Crippen molar-refractivity contribution in [1.82, 2.24) is 9.88 Å². The van der Waals surface area contributed by atoms with E-state index >= 15 is 0 Å². The number of aryl methyl sites for hydroxylation is 1. The molecule has 0 aliphatic carbocycles. The van der Waals surface area contributed by atoms with Gasteiger partial charge in [0.2, 0.25) is 5.91 Å². The Morgan fingerprint density at radius 3 is 2.67 bits per heavy atom. The van der Waals surface area contributed by atoms with E-state index in [0.717, 1.165) is 54.8 Å². The van der Waals surface area contributed by atoms with Crippen molar-refractivity contribution in [2.45, 2.75) is 39.5 Å². The SMILES string of the molecule is CCc1ccc(Nc2nc(CC(=O)N3CCC(C)CC3)cs2)cc1. The van der Waals surface area contributed by atoms with Gasteiger partial charge in [-0.2, -0.15) is 0 Å². The fourth-order valence-corrected chi connectivity index (χ4v) is 3.65. The molecule has 4 nitrogen and oxygen atoms in total. The highest BCUT2D eigenvalue weighted by molar-refractivity contribution is 7.13. The van der Waals surface area contributed by atoms with Crippen molar-refractivity contribution in [3.05, 3.63) is 40.9 Å². The predicted molar refractivity (Wildman–Crippen MR) is 99.9 cm³/mol. The summed E-state index contributed by atoms with van der Waals surface area (Å²) in [6.45, 7) is 6.18. The number of nitrogens with zero attached hydrogens (tertiary/aromatic N) is 2. The van der Waals surface area contributed by atoms with Crippen molar-refractivity contribution in [2.24, 2.45) is 5.92 Å². The van der Waals surface area contributed by atoms with Crippen LogP contribution < -0.4 is 5.32 Å². The van der Waals surface area contributed by atoms with Gasteiger partial charge in [-0.25, -0.2) is 4.98 Å². The van der Waals surface area contributed by atoms with Crippen LogP contribution in [-0.4, -0.2) is 28.9 Å². The van der Waals surface area contributed by atoms with E-state index in [-0.39, 0.29) is 5.91 Å². The first kappa shape index (κ1) is 17.0. The predicted octanol–water partition coefficient (Wildman–Crippen LogP) is 4.25. The minimum absolute atomic E-state index is 0.200. The Hall–Kier alpha value is -1.88. The van der Waals surface area contributed by atoms with Crippen molar-refractivity contribution in [3.63, 3.8) is 0 Å². The molecule has 1 aromatic heterocycles. The molecule has 0 radical (unpaired) electrons. The number of carbonyl (C=O) groups is 1. The summed E-state index contributed by atoms with van der Waals surface area (Å²) in [6.07, 6.45) is 3.67. The minimum Gasteiger partial charge on any atom is -0.342 e. The van der Waals surface area contributed by atoms with Crippen molar-refractivity contribution < 1.29 is 4.79 Å². The van der Waals surface area contributed by atoms with Gasteiger partial charge in [-0.15, -0.1) is 11.3 Å². The molecular weight excluding hydrogens is 318 g/mol. The van der Waals surface area contributed by atoms with Crippen LogP contribution in [0.3, 0.4) is 0 Å². The van der Waals surface area contributed by atoms with E-state index in [0.29, 0.717) is 6.42 Å². The monoisotopic (exact) mass is 343 g/mol. The summed E-state index contributed by atoms with van der Waals surface area (Å²) < 4.78 is 0. The molecule has 3 rings (SSSR count). The molecule has 24 heavy (non-hydrogen) atoms. The first-order valence-electron chi connectivity index (χ1n) is 8.72. The van der Waals surface area contributed by atoms with Crippen LogP contribution in [0, 0.1) is 5.92 Å². The van der Waals surface area contributed by atoms with Crippen LogP contribution in [0.5, 0.6) is 0 Å². The molecule has 0 atom stereocenters. The molecule has 1 saturated heterocycles. The summed E-state index contributed by atoms with van der Waals surface area (Å²) in [7, 11) is 0. The van der Waals surface area contributed by atoms with Gasteiger partial charge in [0.25, 0.3) is 0 Å². The average Bonchev–Trinajstić information content (AvgIpc) is 3.03. The summed E-state index contributed by atoms with van der Waals surface area (Å²) in [5.41, 5.74) is 3.21. The van der Waals surface area contributed by atoms with Gasteiger partial charge in [0.05, 0.1) is 12.1 Å². The second kappa shape index (κ2) is 7.79. The number of benzene rings is 1. The molecule has 1 aliphatic rings. The van der Waals surface area contributed by atoms with Crippen LogP contribution >= 0.6 is 11.3 Å². The Balaban J connectivity index is 1.55. The number of nitrogens with one attached hydrogen (secondary N) is 1. The standard InChI is InChI=1S/C19H25N3OS/c1-3-15-4-6-16(7-5-15)20-19-21-17(13-24-19)12-18(23)22-10-8-14(2)9-11-22/h4-7,13-14H,3,8-12H2,1-2H3,(H,20,21). The Morgan fingerprint density at radius 2 is 2.00 bits per heavy atom. The number of thiazole rings is 1. The molecule has 1 aliphatic heterocycles. The first-order chi connectivity index (χ1) is 11.6. The van der Waals surface area contributed by atoms with Gasteiger partial charge in [-0.3, -0.25) is 4.79 Å². The number of rotatable bonds is 5. The zero-order chi connectivity index (χ0) is 16.9. The fourth-order valence-electron chi connectivity index (χ4n) is 2.92. The summed E-state index contributed by atoms with van der Waals surface area (Å²) in [4.78, 5) is 18.9. The molecule has 1 amide bonds. The quantitative estimate of drug-likeness (QED) is 0.883. The molecular formula is C19H25N3OS. The van der Waals surface area contributed by atoms with Crippen LogP contribution in [0.15, 0.2) is 29.6 Å². The summed E-state index contributed by atoms with van der Waals surface area (Å²) >= 11 is 1.55. The largest absolute Gasteiger partial charge is 0.342 e. The normalized spacial score (nSPS) is 15.5. The van der Waals surface area contributed by atoms with Gasteiger partial charge in [0, 0.05) is 24.2 Å². The van der Waals surface area contributed by atoms with Gasteiger partial charge >= 0.3 is 0 Å². The van der Waals surface area contributed by atoms with Crippen LogP contribution in [0.1, 0.15) is 37.9 Å². The Labute approximate surface area is 147 Å². The van der Waals surface area contributed by atoms with Gasteiger partial charge in [0.1, 0.15) is 0 Å². The third kappa shape index (κ3) is 4.35. The van der Waals surface area contributed by atoms with Crippen LogP contribution in [0.4, 0.5) is 10.8 Å². The third-order valence-electron chi connectivity index (χ3n) is 4.63. The molecule has 0 unspecified atom stereocenters. The number of carbonyl (C=O) groups excluding carboxylic acids is 1. The van der Waals surface area contributed by atoms with Crippen molar-refractivity contribution >= 4 is 28.1 Å². The van der Waals surface area contributed by atoms with Gasteiger partial charge < -0.3 is 10.2 Å². The molecule has 2 heterocycles. The maximum Gasteiger partial charge on any atom is 0.228 e. The number of aromatic nitrogens is 1. The summed E-state index contributed by atoms with van der Waals surface area (Å²) in [6, 6.07) is 8.38. The molecule has 1 fully saturated rings. The summed E-state index contributed by atoms with van der Waals surface area (Å²) in [5, 5.41) is 6.14. The number of piperidine rings is 1. The molecule has 5 heteroatoms. The number of anilines is 2. The highest BCUT2D eigenvalue weighted by atomic mass is 32.1. The number of hydrogen-bond donors (Lipinski definition) is 1. The number of amides is 1. The minimum atomic E-state index is 0.200. The van der Waals surface area contributed by atoms with Crippen molar-refractivity contribution in [3.8, 4) is 0 Å². The zero-order valence-electron chi connectivity index (χ0n) is 14.4. The highest BCUT2D eigenvalue weighted by Crippen LogP contribution is 2.23. The van der Waals surface area contributed by atoms with E-state index in [1.807, 2.05) is 10.3 Å². The average molecular weight is 343 g/mol. The molecule has 1 aromatic carbocycles. The van der Waals surface area contributed by atoms with Gasteiger partial charge in [-0.1, -0.05) is 26.0 Å². The van der Waals surface area contributed by atoms with E-state index in [9.17, 15) is 4.79 Å². The molecule has 0 saturated carbocycles. The van der Waals surface area contributed by atoms with Gasteiger partial charge in [0.15, 0.2) is 5.13 Å². The molecule has 0 spiro atoms. The molecule has 1 N–H and O–H groups in total. The summed E-state index contributed by atoms with van der Waals surface area (Å²) in [5.74, 6) is 0.939. The second-order valence-corrected chi connectivity index (χ2v) is 7.42. The zero-order valence-corrected chi connectivity index (χ0v) is 15.2. The topological polar surface area (TPSA) is 45.2 Å². The molecule has 0 bridgehead atoms. The lowest BCUT2D eigenvalue weighted by Crippen LogP contribution is -2.38. The van der Waals surface area contributed by atoms with E-state index < -0.39 is 0 Å². The van der Waals surface area contributed by atoms with Crippen LogP contribution in [0.25, 0.3) is 0 Å². The van der Waals surface area contributed by atoms with E-state index in [4.69, 9.17) is 0 Å². The highest BCUT2D eigenvalue weighted by Gasteiger charge is 2.21. The van der Waals surface area contributed by atoms with E-state index in [1.54, 1.807) is 11.3 Å². The number of likely N-dealkylation sites (tertiary alicyclic amines) is 1. The van der Waals surface area contributed by atoms with Crippen LogP contribution in [0.2, 0.25) is 0 Å². The Kier molecular flexibility index (Phi) is 5.51. The molecule has 128 valence electrons. The third-order valence-corrected chi connectivity index (χ3v) is 5.44. The van der Waals surface area contributed by atoms with E-state index in [1.165, 1.54) is 5.56 Å². The smallest absolute Gasteiger partial charge is 0.228 e. The lowest BCUT2D eigenvalue weighted by molar-refractivity contribution is -0.131. The number of hydrogen-bond acceptors (Lipinski definition) is 4. The van der Waals surface area contributed by atoms with Gasteiger partial charge in [-0.05, 0) is 42.9 Å². The van der Waals surface area contributed by atoms with Crippen molar-refractivity contribution in [1.29, 1.82) is 0 Å². The molecule has 2 aromatic rings. The lowest BCUT2D eigenvalue weighted by Gasteiger charge is -2.30. The van der Waals surface area contributed by atoms with Crippen molar-refractivity contribution in [2.75, 3.05) is 18.4 Å². The fraction of sp³-hybridized carbons (Fsp3) is 0.474. The second-order valence-electron chi connectivity index (χ2n) is 6.56.